The molecule has 1 aromatic carbocycles. The Bertz CT molecular complexity index is 525. The second-order valence-corrected chi connectivity index (χ2v) is 5.47. The molecule has 0 aliphatic carbocycles. The summed E-state index contributed by atoms with van der Waals surface area (Å²) in [7, 11) is 0. The van der Waals surface area contributed by atoms with Crippen molar-refractivity contribution in [3.8, 4) is 0 Å². The van der Waals surface area contributed by atoms with Crippen LogP contribution in [0.5, 0.6) is 0 Å². The number of aromatic nitrogens is 1. The van der Waals surface area contributed by atoms with Gasteiger partial charge in [0.2, 0.25) is 0 Å². The van der Waals surface area contributed by atoms with Gasteiger partial charge in [0.05, 0.1) is 0 Å². The number of benzene rings is 1. The topological polar surface area (TPSA) is 27.8 Å². The lowest BCUT2D eigenvalue weighted by atomic mass is 9.94. The summed E-state index contributed by atoms with van der Waals surface area (Å²) in [4.78, 5) is 3.39. The SMILES string of the molecule is CC(C)CC1NCCc2c[nH]c3cccc1c23. The summed E-state index contributed by atoms with van der Waals surface area (Å²) < 4.78 is 0. The first-order valence-electron chi connectivity index (χ1n) is 6.58. The highest BCUT2D eigenvalue weighted by molar-refractivity contribution is 5.87. The van der Waals surface area contributed by atoms with Crippen molar-refractivity contribution in [1.29, 1.82) is 0 Å². The fourth-order valence-corrected chi connectivity index (χ4v) is 2.95. The average Bonchev–Trinajstić information content (AvgIpc) is 2.62. The van der Waals surface area contributed by atoms with Crippen LogP contribution in [0.2, 0.25) is 0 Å². The van der Waals surface area contributed by atoms with E-state index in [9.17, 15) is 0 Å². The molecule has 2 N–H and O–H groups in total. The number of hydrogen-bond donors (Lipinski definition) is 2. The molecule has 2 heterocycles. The van der Waals surface area contributed by atoms with Crippen molar-refractivity contribution in [3.63, 3.8) is 0 Å². The van der Waals surface area contributed by atoms with E-state index in [-0.39, 0.29) is 0 Å². The first-order valence-corrected chi connectivity index (χ1v) is 6.58. The summed E-state index contributed by atoms with van der Waals surface area (Å²) in [6.07, 6.45) is 4.52. The minimum Gasteiger partial charge on any atom is -0.361 e. The van der Waals surface area contributed by atoms with E-state index >= 15 is 0 Å². The molecule has 1 aromatic heterocycles. The summed E-state index contributed by atoms with van der Waals surface area (Å²) in [5.74, 6) is 0.725. The van der Waals surface area contributed by atoms with Crippen molar-refractivity contribution in [2.45, 2.75) is 32.7 Å². The van der Waals surface area contributed by atoms with Crippen LogP contribution in [0.3, 0.4) is 0 Å². The van der Waals surface area contributed by atoms with Crippen molar-refractivity contribution in [1.82, 2.24) is 10.3 Å². The minimum absolute atomic E-state index is 0.510. The van der Waals surface area contributed by atoms with Gasteiger partial charge in [-0.25, -0.2) is 0 Å². The fraction of sp³-hybridized carbons (Fsp3) is 0.467. The predicted octanol–water partition coefficient (Wildman–Crippen LogP) is 3.40. The fourth-order valence-electron chi connectivity index (χ4n) is 2.95. The van der Waals surface area contributed by atoms with Crippen molar-refractivity contribution < 1.29 is 0 Å². The zero-order valence-electron chi connectivity index (χ0n) is 10.6. The lowest BCUT2D eigenvalue weighted by Gasteiger charge is -2.20. The number of hydrogen-bond acceptors (Lipinski definition) is 1. The molecule has 2 nitrogen and oxygen atoms in total. The molecule has 0 radical (unpaired) electrons. The maximum atomic E-state index is 3.69. The Morgan fingerprint density at radius 3 is 3.06 bits per heavy atom. The molecule has 0 saturated carbocycles. The lowest BCUT2D eigenvalue weighted by molar-refractivity contribution is 0.438. The van der Waals surface area contributed by atoms with Crippen LogP contribution in [-0.2, 0) is 6.42 Å². The highest BCUT2D eigenvalue weighted by Gasteiger charge is 2.20. The van der Waals surface area contributed by atoms with E-state index in [4.69, 9.17) is 0 Å². The second kappa shape index (κ2) is 4.19. The summed E-state index contributed by atoms with van der Waals surface area (Å²) in [6.45, 7) is 5.68. The van der Waals surface area contributed by atoms with E-state index in [1.807, 2.05) is 0 Å². The smallest absolute Gasteiger partial charge is 0.0460 e. The molecule has 1 atom stereocenters. The maximum Gasteiger partial charge on any atom is 0.0460 e. The largest absolute Gasteiger partial charge is 0.361 e. The van der Waals surface area contributed by atoms with E-state index in [0.29, 0.717) is 6.04 Å². The van der Waals surface area contributed by atoms with Crippen molar-refractivity contribution in [2.24, 2.45) is 5.92 Å². The molecule has 0 saturated heterocycles. The molecular formula is C15H20N2. The van der Waals surface area contributed by atoms with Crippen LogP contribution < -0.4 is 5.32 Å². The van der Waals surface area contributed by atoms with Gasteiger partial charge in [0.15, 0.2) is 0 Å². The van der Waals surface area contributed by atoms with Gasteiger partial charge in [-0.1, -0.05) is 26.0 Å². The zero-order valence-corrected chi connectivity index (χ0v) is 10.6. The lowest BCUT2D eigenvalue weighted by Crippen LogP contribution is -2.23. The first-order chi connectivity index (χ1) is 8.25. The zero-order chi connectivity index (χ0) is 11.8. The number of nitrogens with one attached hydrogen (secondary N) is 2. The molecule has 0 bridgehead atoms. The Balaban J connectivity index is 2.13. The molecule has 1 aliphatic rings. The van der Waals surface area contributed by atoms with E-state index < -0.39 is 0 Å². The van der Waals surface area contributed by atoms with E-state index in [0.717, 1.165) is 18.9 Å². The molecule has 1 aliphatic heterocycles. The first kappa shape index (κ1) is 10.8. The van der Waals surface area contributed by atoms with Crippen LogP contribution in [0.15, 0.2) is 24.4 Å². The van der Waals surface area contributed by atoms with Gasteiger partial charge in [-0.15, -0.1) is 0 Å². The van der Waals surface area contributed by atoms with E-state index in [1.54, 1.807) is 0 Å². The monoisotopic (exact) mass is 228 g/mol. The molecule has 0 fully saturated rings. The highest BCUT2D eigenvalue weighted by Crippen LogP contribution is 2.32. The number of H-pyrrole nitrogens is 1. The Labute approximate surface area is 102 Å². The van der Waals surface area contributed by atoms with Gasteiger partial charge in [0.25, 0.3) is 0 Å². The van der Waals surface area contributed by atoms with Gasteiger partial charge < -0.3 is 10.3 Å². The molecule has 0 amide bonds. The normalized spacial score (nSPS) is 19.8. The average molecular weight is 228 g/mol. The molecule has 17 heavy (non-hydrogen) atoms. The molecule has 2 aromatic rings. The van der Waals surface area contributed by atoms with Gasteiger partial charge in [-0.3, -0.25) is 0 Å². The molecule has 0 spiro atoms. The highest BCUT2D eigenvalue weighted by atomic mass is 14.9. The Morgan fingerprint density at radius 1 is 1.35 bits per heavy atom. The van der Waals surface area contributed by atoms with Crippen molar-refractivity contribution in [2.75, 3.05) is 6.54 Å². The van der Waals surface area contributed by atoms with Crippen LogP contribution in [0.4, 0.5) is 0 Å². The Hall–Kier alpha value is -1.28. The van der Waals surface area contributed by atoms with E-state index in [2.05, 4.69) is 48.5 Å². The van der Waals surface area contributed by atoms with Crippen LogP contribution in [0.1, 0.15) is 37.4 Å². The number of aromatic amines is 1. The van der Waals surface area contributed by atoms with Gasteiger partial charge in [-0.2, -0.15) is 0 Å². The third-order valence-corrected chi connectivity index (χ3v) is 3.69. The molecule has 1 unspecified atom stereocenters. The van der Waals surface area contributed by atoms with Crippen LogP contribution >= 0.6 is 0 Å². The van der Waals surface area contributed by atoms with Crippen LogP contribution in [-0.4, -0.2) is 11.5 Å². The number of rotatable bonds is 2. The van der Waals surface area contributed by atoms with Crippen molar-refractivity contribution in [3.05, 3.63) is 35.5 Å². The molecular weight excluding hydrogens is 208 g/mol. The molecule has 90 valence electrons. The summed E-state index contributed by atoms with van der Waals surface area (Å²) >= 11 is 0. The van der Waals surface area contributed by atoms with Crippen molar-refractivity contribution >= 4 is 10.9 Å². The summed E-state index contributed by atoms with van der Waals surface area (Å²) in [5, 5.41) is 5.15. The maximum absolute atomic E-state index is 3.69. The van der Waals surface area contributed by atoms with E-state index in [1.165, 1.54) is 28.5 Å². The van der Waals surface area contributed by atoms with Crippen LogP contribution in [0.25, 0.3) is 10.9 Å². The third kappa shape index (κ3) is 1.87. The van der Waals surface area contributed by atoms with Crippen LogP contribution in [0, 0.1) is 5.92 Å². The standard InChI is InChI=1S/C15H20N2/c1-10(2)8-14-12-4-3-5-13-15(12)11(9-17-13)6-7-16-14/h3-5,9-10,14,16-17H,6-8H2,1-2H3. The Kier molecular flexibility index (Phi) is 2.67. The van der Waals surface area contributed by atoms with Gasteiger partial charge in [0.1, 0.15) is 0 Å². The minimum atomic E-state index is 0.510. The summed E-state index contributed by atoms with van der Waals surface area (Å²) in [6, 6.07) is 7.14. The second-order valence-electron chi connectivity index (χ2n) is 5.47. The third-order valence-electron chi connectivity index (χ3n) is 3.69. The van der Waals surface area contributed by atoms with Gasteiger partial charge >= 0.3 is 0 Å². The predicted molar refractivity (Wildman–Crippen MR) is 72.2 cm³/mol. The Morgan fingerprint density at radius 2 is 2.24 bits per heavy atom. The molecule has 2 heteroatoms. The van der Waals surface area contributed by atoms with Gasteiger partial charge in [-0.05, 0) is 42.5 Å². The van der Waals surface area contributed by atoms with Gasteiger partial charge in [0, 0.05) is 23.1 Å². The summed E-state index contributed by atoms with van der Waals surface area (Å²) in [5.41, 5.74) is 4.23. The quantitative estimate of drug-likeness (QED) is 0.810. The molecule has 3 rings (SSSR count).